The van der Waals surface area contributed by atoms with E-state index >= 15 is 0 Å². The maximum Gasteiger partial charge on any atom is 0.198 e. The molecular weight excluding hydrogens is 284 g/mol. The fourth-order valence-corrected chi connectivity index (χ4v) is 3.66. The molecule has 1 fully saturated rings. The van der Waals surface area contributed by atoms with E-state index in [-0.39, 0.29) is 0 Å². The van der Waals surface area contributed by atoms with E-state index in [1.165, 1.54) is 43.7 Å². The average molecular weight is 314 g/mol. The fourth-order valence-electron chi connectivity index (χ4n) is 3.66. The van der Waals surface area contributed by atoms with Gasteiger partial charge < -0.3 is 15.1 Å². The molecule has 0 amide bonds. The van der Waals surface area contributed by atoms with Crippen molar-refractivity contribution in [1.29, 1.82) is 0 Å². The van der Waals surface area contributed by atoms with E-state index in [4.69, 9.17) is 4.99 Å². The molecule has 2 heterocycles. The van der Waals surface area contributed by atoms with Crippen molar-refractivity contribution in [1.82, 2.24) is 10.2 Å². The number of nitrogens with zero attached hydrogens (tertiary/aromatic N) is 3. The summed E-state index contributed by atoms with van der Waals surface area (Å²) in [5.74, 6) is 1.66. The van der Waals surface area contributed by atoms with E-state index in [0.717, 1.165) is 32.0 Å². The van der Waals surface area contributed by atoms with Crippen LogP contribution in [0, 0.1) is 5.92 Å². The summed E-state index contributed by atoms with van der Waals surface area (Å²) in [7, 11) is 0. The highest BCUT2D eigenvalue weighted by Gasteiger charge is 2.22. The van der Waals surface area contributed by atoms with Crippen molar-refractivity contribution >= 4 is 11.6 Å². The van der Waals surface area contributed by atoms with Gasteiger partial charge >= 0.3 is 0 Å². The van der Waals surface area contributed by atoms with E-state index < -0.39 is 0 Å². The summed E-state index contributed by atoms with van der Waals surface area (Å²) >= 11 is 0. The minimum Gasteiger partial charge on any atom is -0.356 e. The summed E-state index contributed by atoms with van der Waals surface area (Å²) < 4.78 is 0. The first-order valence-electron chi connectivity index (χ1n) is 9.14. The molecule has 4 nitrogen and oxygen atoms in total. The van der Waals surface area contributed by atoms with E-state index in [1.54, 1.807) is 0 Å². The third-order valence-electron chi connectivity index (χ3n) is 4.80. The predicted octanol–water partition coefficient (Wildman–Crippen LogP) is 2.75. The van der Waals surface area contributed by atoms with Gasteiger partial charge in [-0.2, -0.15) is 0 Å². The molecule has 0 saturated carbocycles. The number of rotatable bonds is 5. The summed E-state index contributed by atoms with van der Waals surface area (Å²) in [6, 6.07) is 8.69. The molecule has 2 aliphatic rings. The summed E-state index contributed by atoms with van der Waals surface area (Å²) in [5, 5.41) is 3.48. The summed E-state index contributed by atoms with van der Waals surface area (Å²) in [6.45, 7) is 11.0. The summed E-state index contributed by atoms with van der Waals surface area (Å²) in [5.41, 5.74) is 2.75. The number of anilines is 1. The van der Waals surface area contributed by atoms with Crippen molar-refractivity contribution in [3.63, 3.8) is 0 Å². The van der Waals surface area contributed by atoms with E-state index in [2.05, 4.69) is 53.2 Å². The number of nitrogens with one attached hydrogen (secondary N) is 1. The van der Waals surface area contributed by atoms with Crippen LogP contribution < -0.4 is 10.2 Å². The largest absolute Gasteiger partial charge is 0.356 e. The van der Waals surface area contributed by atoms with Crippen molar-refractivity contribution in [3.8, 4) is 0 Å². The molecule has 1 atom stereocenters. The third-order valence-corrected chi connectivity index (χ3v) is 4.80. The quantitative estimate of drug-likeness (QED) is 0.670. The second-order valence-electron chi connectivity index (χ2n) is 6.84. The standard InChI is InChI=1S/C19H30N4/c1-3-20-19(21-14-16(2)15-22-11-6-7-12-22)23-13-10-17-8-4-5-9-18(17)23/h4-5,8-9,16H,3,6-7,10-15H2,1-2H3,(H,20,21). The molecule has 0 radical (unpaired) electrons. The smallest absolute Gasteiger partial charge is 0.198 e. The molecule has 1 N–H and O–H groups in total. The highest BCUT2D eigenvalue weighted by molar-refractivity contribution is 5.97. The van der Waals surface area contributed by atoms with Crippen LogP contribution in [0.25, 0.3) is 0 Å². The Morgan fingerprint density at radius 1 is 1.22 bits per heavy atom. The number of hydrogen-bond donors (Lipinski definition) is 1. The van der Waals surface area contributed by atoms with Gasteiger partial charge in [0.25, 0.3) is 0 Å². The number of guanidine groups is 1. The normalized spacial score (nSPS) is 19.9. The second kappa shape index (κ2) is 7.82. The molecule has 2 aliphatic heterocycles. The Kier molecular flexibility index (Phi) is 5.55. The van der Waals surface area contributed by atoms with Gasteiger partial charge in [-0.25, -0.2) is 0 Å². The molecule has 126 valence electrons. The Balaban J connectivity index is 1.64. The van der Waals surface area contributed by atoms with Gasteiger partial charge in [0, 0.05) is 31.9 Å². The number of likely N-dealkylation sites (tertiary alicyclic amines) is 1. The van der Waals surface area contributed by atoms with Crippen LogP contribution in [0.4, 0.5) is 5.69 Å². The molecule has 1 unspecified atom stereocenters. The van der Waals surface area contributed by atoms with Crippen LogP contribution in [0.2, 0.25) is 0 Å². The van der Waals surface area contributed by atoms with Crippen LogP contribution in [0.15, 0.2) is 29.3 Å². The maximum absolute atomic E-state index is 4.94. The van der Waals surface area contributed by atoms with Crippen LogP contribution in [0.5, 0.6) is 0 Å². The molecule has 0 aliphatic carbocycles. The van der Waals surface area contributed by atoms with Crippen molar-refractivity contribution < 1.29 is 0 Å². The van der Waals surface area contributed by atoms with Gasteiger partial charge in [0.15, 0.2) is 5.96 Å². The maximum atomic E-state index is 4.94. The number of para-hydroxylation sites is 1. The monoisotopic (exact) mass is 314 g/mol. The minimum absolute atomic E-state index is 0.611. The van der Waals surface area contributed by atoms with Gasteiger partial charge in [0.1, 0.15) is 0 Å². The lowest BCUT2D eigenvalue weighted by Gasteiger charge is -2.24. The molecular formula is C19H30N4. The minimum atomic E-state index is 0.611. The Morgan fingerprint density at radius 2 is 2.00 bits per heavy atom. The van der Waals surface area contributed by atoms with Crippen molar-refractivity contribution in [2.45, 2.75) is 33.1 Å². The van der Waals surface area contributed by atoms with E-state index in [1.807, 2.05) is 0 Å². The van der Waals surface area contributed by atoms with Gasteiger partial charge in [-0.3, -0.25) is 4.99 Å². The van der Waals surface area contributed by atoms with Crippen LogP contribution in [-0.4, -0.2) is 50.1 Å². The predicted molar refractivity (Wildman–Crippen MR) is 98.3 cm³/mol. The van der Waals surface area contributed by atoms with Crippen molar-refractivity contribution in [2.24, 2.45) is 10.9 Å². The molecule has 1 saturated heterocycles. The molecule has 4 heteroatoms. The highest BCUT2D eigenvalue weighted by Crippen LogP contribution is 2.27. The van der Waals surface area contributed by atoms with Crippen molar-refractivity contribution in [3.05, 3.63) is 29.8 Å². The zero-order valence-electron chi connectivity index (χ0n) is 14.6. The Labute approximate surface area is 140 Å². The highest BCUT2D eigenvalue weighted by atomic mass is 15.3. The lowest BCUT2D eigenvalue weighted by atomic mass is 10.2. The van der Waals surface area contributed by atoms with Gasteiger partial charge in [0.05, 0.1) is 0 Å². The van der Waals surface area contributed by atoms with Crippen LogP contribution in [0.1, 0.15) is 32.3 Å². The number of fused-ring (bicyclic) bond motifs is 1. The SMILES string of the molecule is CCNC(=NCC(C)CN1CCCC1)N1CCc2ccccc21. The zero-order valence-corrected chi connectivity index (χ0v) is 14.6. The Morgan fingerprint density at radius 3 is 2.78 bits per heavy atom. The van der Waals surface area contributed by atoms with E-state index in [0.29, 0.717) is 5.92 Å². The lowest BCUT2D eigenvalue weighted by Crippen LogP contribution is -2.41. The van der Waals surface area contributed by atoms with Crippen molar-refractivity contribution in [2.75, 3.05) is 44.2 Å². The number of aliphatic imine (C=N–C) groups is 1. The molecule has 23 heavy (non-hydrogen) atoms. The fraction of sp³-hybridized carbons (Fsp3) is 0.632. The third kappa shape index (κ3) is 4.05. The Bertz CT molecular complexity index is 534. The van der Waals surface area contributed by atoms with Crippen LogP contribution in [-0.2, 0) is 6.42 Å². The molecule has 0 spiro atoms. The lowest BCUT2D eigenvalue weighted by molar-refractivity contribution is 0.291. The molecule has 1 aromatic rings. The number of hydrogen-bond acceptors (Lipinski definition) is 2. The topological polar surface area (TPSA) is 30.9 Å². The first-order valence-corrected chi connectivity index (χ1v) is 9.14. The van der Waals surface area contributed by atoms with Crippen LogP contribution >= 0.6 is 0 Å². The number of benzene rings is 1. The summed E-state index contributed by atoms with van der Waals surface area (Å²) in [6.07, 6.45) is 3.84. The van der Waals surface area contributed by atoms with Gasteiger partial charge in [-0.05, 0) is 56.8 Å². The van der Waals surface area contributed by atoms with Gasteiger partial charge in [-0.15, -0.1) is 0 Å². The Hall–Kier alpha value is -1.55. The second-order valence-corrected chi connectivity index (χ2v) is 6.84. The molecule has 0 bridgehead atoms. The first kappa shape index (κ1) is 16.3. The zero-order chi connectivity index (χ0) is 16.1. The average Bonchev–Trinajstić information content (AvgIpc) is 3.21. The van der Waals surface area contributed by atoms with Gasteiger partial charge in [0.2, 0.25) is 0 Å². The van der Waals surface area contributed by atoms with Gasteiger partial charge in [-0.1, -0.05) is 25.1 Å². The molecule has 1 aromatic carbocycles. The summed E-state index contributed by atoms with van der Waals surface area (Å²) in [4.78, 5) is 9.87. The van der Waals surface area contributed by atoms with Crippen LogP contribution in [0.3, 0.4) is 0 Å². The van der Waals surface area contributed by atoms with E-state index in [9.17, 15) is 0 Å². The molecule has 0 aromatic heterocycles. The first-order chi connectivity index (χ1) is 11.3. The molecule has 3 rings (SSSR count).